The van der Waals surface area contributed by atoms with Crippen LogP contribution in [0.5, 0.6) is 0 Å². The first kappa shape index (κ1) is 21.6. The summed E-state index contributed by atoms with van der Waals surface area (Å²) in [6.07, 6.45) is -0.838. The van der Waals surface area contributed by atoms with Gasteiger partial charge in [-0.3, -0.25) is 9.59 Å². The van der Waals surface area contributed by atoms with E-state index in [1.807, 2.05) is 44.2 Å². The fourth-order valence-corrected chi connectivity index (χ4v) is 2.64. The fourth-order valence-electron chi connectivity index (χ4n) is 2.64. The molecule has 3 N–H and O–H groups in total. The molecule has 0 aliphatic carbocycles. The molecule has 0 heterocycles. The Morgan fingerprint density at radius 3 is 2.23 bits per heavy atom. The number of nitrogens with one attached hydrogen (secondary N) is 2. The molecule has 1 aromatic rings. The van der Waals surface area contributed by atoms with Crippen LogP contribution in [0, 0.1) is 5.92 Å². The lowest BCUT2D eigenvalue weighted by Gasteiger charge is -2.25. The Kier molecular flexibility index (Phi) is 8.78. The van der Waals surface area contributed by atoms with E-state index in [-0.39, 0.29) is 18.2 Å². The summed E-state index contributed by atoms with van der Waals surface area (Å²) in [6, 6.07) is 7.55. The van der Waals surface area contributed by atoms with E-state index in [4.69, 9.17) is 4.74 Å². The number of hydrogen-bond acceptors (Lipinski definition) is 5. The normalized spacial score (nSPS) is 14.2. The summed E-state index contributed by atoms with van der Waals surface area (Å²) in [6.45, 7) is 5.14. The molecule has 26 heavy (non-hydrogen) atoms. The molecule has 0 fully saturated rings. The van der Waals surface area contributed by atoms with Gasteiger partial charge < -0.3 is 20.5 Å². The molecule has 2 amide bonds. The average Bonchev–Trinajstić information content (AvgIpc) is 2.59. The average molecular weight is 364 g/mol. The van der Waals surface area contributed by atoms with Crippen LogP contribution in [-0.2, 0) is 25.5 Å². The lowest BCUT2D eigenvalue weighted by atomic mass is 9.99. The topological polar surface area (TPSA) is 105 Å². The number of benzene rings is 1. The van der Waals surface area contributed by atoms with Crippen LogP contribution in [0.2, 0.25) is 0 Å². The predicted molar refractivity (Wildman–Crippen MR) is 97.2 cm³/mol. The zero-order valence-corrected chi connectivity index (χ0v) is 15.7. The summed E-state index contributed by atoms with van der Waals surface area (Å²) in [5.41, 5.74) is 0.866. The van der Waals surface area contributed by atoms with Crippen LogP contribution in [0.1, 0.15) is 32.8 Å². The van der Waals surface area contributed by atoms with E-state index in [2.05, 4.69) is 10.6 Å². The largest absolute Gasteiger partial charge is 0.467 e. The number of carbonyl (C=O) groups excluding carboxylic acids is 3. The molecule has 1 rings (SSSR count). The van der Waals surface area contributed by atoms with E-state index in [0.717, 1.165) is 5.56 Å². The van der Waals surface area contributed by atoms with E-state index in [1.165, 1.54) is 14.0 Å². The van der Waals surface area contributed by atoms with E-state index in [1.54, 1.807) is 0 Å². The third-order valence-corrected chi connectivity index (χ3v) is 3.85. The number of ether oxygens (including phenoxy) is 1. The zero-order valence-electron chi connectivity index (χ0n) is 15.7. The standard InChI is InChI=1S/C19H28N2O5/c1-12(2)10-16(19(25)26-4)21-18(24)17(23)15(20-13(3)22)11-14-8-6-5-7-9-14/h5-9,12,15-17,23H,10-11H2,1-4H3,(H,20,22)(H,21,24)/t15-,16?,17+/m1/s1. The van der Waals surface area contributed by atoms with Crippen molar-refractivity contribution in [1.29, 1.82) is 0 Å². The highest BCUT2D eigenvalue weighted by Crippen LogP contribution is 2.10. The second kappa shape index (κ2) is 10.6. The lowest BCUT2D eigenvalue weighted by Crippen LogP contribution is -2.54. The predicted octanol–water partition coefficient (Wildman–Crippen LogP) is 0.799. The van der Waals surface area contributed by atoms with Crippen molar-refractivity contribution in [1.82, 2.24) is 10.6 Å². The molecule has 3 atom stereocenters. The van der Waals surface area contributed by atoms with Crippen molar-refractivity contribution in [2.75, 3.05) is 7.11 Å². The minimum atomic E-state index is -1.50. The van der Waals surface area contributed by atoms with Gasteiger partial charge in [-0.05, 0) is 24.3 Å². The molecular weight excluding hydrogens is 336 g/mol. The minimum absolute atomic E-state index is 0.145. The number of methoxy groups -OCH3 is 1. The minimum Gasteiger partial charge on any atom is -0.467 e. The van der Waals surface area contributed by atoms with E-state index >= 15 is 0 Å². The van der Waals surface area contributed by atoms with Gasteiger partial charge >= 0.3 is 5.97 Å². The molecule has 1 unspecified atom stereocenters. The number of aliphatic hydroxyl groups excluding tert-OH is 1. The van der Waals surface area contributed by atoms with Crippen LogP contribution in [0.15, 0.2) is 30.3 Å². The van der Waals surface area contributed by atoms with Crippen molar-refractivity contribution < 1.29 is 24.2 Å². The second-order valence-electron chi connectivity index (χ2n) is 6.66. The first-order valence-corrected chi connectivity index (χ1v) is 8.61. The molecule has 0 aromatic heterocycles. The molecule has 0 spiro atoms. The first-order valence-electron chi connectivity index (χ1n) is 8.61. The molecule has 0 aliphatic rings. The molecule has 7 nitrogen and oxygen atoms in total. The van der Waals surface area contributed by atoms with Gasteiger partial charge in [0, 0.05) is 6.92 Å². The SMILES string of the molecule is COC(=O)C(CC(C)C)NC(=O)[C@@H](O)[C@@H](Cc1ccccc1)NC(C)=O. The van der Waals surface area contributed by atoms with Gasteiger partial charge in [0.25, 0.3) is 5.91 Å². The van der Waals surface area contributed by atoms with Crippen molar-refractivity contribution in [3.63, 3.8) is 0 Å². The molecule has 0 saturated heterocycles. The second-order valence-corrected chi connectivity index (χ2v) is 6.66. The van der Waals surface area contributed by atoms with Gasteiger partial charge in [-0.1, -0.05) is 44.2 Å². The zero-order chi connectivity index (χ0) is 19.7. The Balaban J connectivity index is 2.86. The van der Waals surface area contributed by atoms with Crippen LogP contribution < -0.4 is 10.6 Å². The number of aliphatic hydroxyl groups is 1. The van der Waals surface area contributed by atoms with Crippen molar-refractivity contribution in [2.45, 2.75) is 51.8 Å². The Hall–Kier alpha value is -2.41. The first-order chi connectivity index (χ1) is 12.2. The lowest BCUT2D eigenvalue weighted by molar-refractivity contribution is -0.147. The molecule has 7 heteroatoms. The number of hydrogen-bond donors (Lipinski definition) is 3. The Morgan fingerprint density at radius 1 is 1.12 bits per heavy atom. The molecule has 0 aliphatic heterocycles. The maximum absolute atomic E-state index is 12.4. The molecule has 144 valence electrons. The van der Waals surface area contributed by atoms with Gasteiger partial charge in [0.15, 0.2) is 6.10 Å². The van der Waals surface area contributed by atoms with Crippen molar-refractivity contribution in [2.24, 2.45) is 5.92 Å². The summed E-state index contributed by atoms with van der Waals surface area (Å²) >= 11 is 0. The molecule has 0 radical (unpaired) electrons. The summed E-state index contributed by atoms with van der Waals surface area (Å²) in [5, 5.41) is 15.6. The number of esters is 1. The van der Waals surface area contributed by atoms with Gasteiger partial charge in [-0.15, -0.1) is 0 Å². The van der Waals surface area contributed by atoms with Gasteiger partial charge in [0.1, 0.15) is 6.04 Å². The summed E-state index contributed by atoms with van der Waals surface area (Å²) in [7, 11) is 1.24. The Morgan fingerprint density at radius 2 is 1.73 bits per heavy atom. The maximum atomic E-state index is 12.4. The van der Waals surface area contributed by atoms with Crippen LogP contribution in [-0.4, -0.2) is 48.2 Å². The fraction of sp³-hybridized carbons (Fsp3) is 0.526. The van der Waals surface area contributed by atoms with E-state index in [0.29, 0.717) is 6.42 Å². The Labute approximate surface area is 154 Å². The van der Waals surface area contributed by atoms with Crippen molar-refractivity contribution in [3.05, 3.63) is 35.9 Å². The smallest absolute Gasteiger partial charge is 0.328 e. The third kappa shape index (κ3) is 7.23. The number of rotatable bonds is 9. The van der Waals surface area contributed by atoms with Gasteiger partial charge in [0.05, 0.1) is 13.2 Å². The molecule has 1 aromatic carbocycles. The van der Waals surface area contributed by atoms with E-state index < -0.39 is 30.1 Å². The van der Waals surface area contributed by atoms with Crippen LogP contribution in [0.3, 0.4) is 0 Å². The van der Waals surface area contributed by atoms with Crippen LogP contribution in [0.4, 0.5) is 0 Å². The summed E-state index contributed by atoms with van der Waals surface area (Å²) in [5.74, 6) is -1.51. The molecule has 0 saturated carbocycles. The van der Waals surface area contributed by atoms with Gasteiger partial charge in [0.2, 0.25) is 5.91 Å². The molecule has 0 bridgehead atoms. The maximum Gasteiger partial charge on any atom is 0.328 e. The van der Waals surface area contributed by atoms with Crippen molar-refractivity contribution >= 4 is 17.8 Å². The van der Waals surface area contributed by atoms with Crippen LogP contribution >= 0.6 is 0 Å². The molecular formula is C19H28N2O5. The quantitative estimate of drug-likeness (QED) is 0.562. The highest BCUT2D eigenvalue weighted by atomic mass is 16.5. The highest BCUT2D eigenvalue weighted by molar-refractivity contribution is 5.87. The number of carbonyl (C=O) groups is 3. The van der Waals surface area contributed by atoms with Gasteiger partial charge in [-0.2, -0.15) is 0 Å². The highest BCUT2D eigenvalue weighted by Gasteiger charge is 2.31. The third-order valence-electron chi connectivity index (χ3n) is 3.85. The van der Waals surface area contributed by atoms with Crippen molar-refractivity contribution in [3.8, 4) is 0 Å². The summed E-state index contributed by atoms with van der Waals surface area (Å²) < 4.78 is 4.71. The van der Waals surface area contributed by atoms with Crippen LogP contribution in [0.25, 0.3) is 0 Å². The van der Waals surface area contributed by atoms with E-state index in [9.17, 15) is 19.5 Å². The Bertz CT molecular complexity index is 603. The monoisotopic (exact) mass is 364 g/mol. The number of amides is 2. The summed E-state index contributed by atoms with van der Waals surface area (Å²) in [4.78, 5) is 35.8. The van der Waals surface area contributed by atoms with Gasteiger partial charge in [-0.25, -0.2) is 4.79 Å².